The van der Waals surface area contributed by atoms with Crippen LogP contribution in [0.1, 0.15) is 18.9 Å². The second kappa shape index (κ2) is 11.0. The first-order valence-corrected chi connectivity index (χ1v) is 11.9. The lowest BCUT2D eigenvalue weighted by Gasteiger charge is -2.44. The van der Waals surface area contributed by atoms with Gasteiger partial charge in [0, 0.05) is 18.4 Å². The molecule has 10 unspecified atom stereocenters. The highest BCUT2D eigenvalue weighted by Crippen LogP contribution is 2.49. The largest absolute Gasteiger partial charge is 0.508 e. The molecule has 13 nitrogen and oxygen atoms in total. The Morgan fingerprint density at radius 1 is 1.13 bits per heavy atom. The summed E-state index contributed by atoms with van der Waals surface area (Å²) >= 11 is 0. The maximum Gasteiger partial charge on any atom is 0.335 e. The van der Waals surface area contributed by atoms with Crippen LogP contribution in [0.25, 0.3) is 6.08 Å². The van der Waals surface area contributed by atoms with Crippen LogP contribution >= 0.6 is 0 Å². The van der Waals surface area contributed by atoms with Crippen LogP contribution in [-0.2, 0) is 28.5 Å². The van der Waals surface area contributed by atoms with Gasteiger partial charge in [-0.05, 0) is 30.7 Å². The molecule has 2 aliphatic heterocycles. The fraction of sp³-hybridized carbons (Fsp3) is 0.520. The lowest BCUT2D eigenvalue weighted by molar-refractivity contribution is -0.347. The summed E-state index contributed by atoms with van der Waals surface area (Å²) in [5, 5.41) is 70.9. The number of hydrogen-bond donors (Lipinski definition) is 7. The molecule has 0 spiro atoms. The van der Waals surface area contributed by atoms with Crippen molar-refractivity contribution in [1.82, 2.24) is 0 Å². The molecule has 2 fully saturated rings. The molecule has 1 aromatic rings. The van der Waals surface area contributed by atoms with Gasteiger partial charge in [-0.25, -0.2) is 9.59 Å². The van der Waals surface area contributed by atoms with Crippen molar-refractivity contribution in [1.29, 1.82) is 0 Å². The smallest absolute Gasteiger partial charge is 0.335 e. The molecule has 7 N–H and O–H groups in total. The molecule has 3 aliphatic rings. The monoisotopic (exact) mass is 538 g/mol. The summed E-state index contributed by atoms with van der Waals surface area (Å²) in [6, 6.07) is 5.90. The standard InChI is InChI=1S/C25H30O13/c1-25(34)8-14(28)17-13(22(32)33)10-35-23(18(17)25)38-24-21(20(31)19(30)15(9-26)36-24)37-16(29)7-4-11-2-5-12(27)6-3-11/h2-7,10,14-15,17-21,23-24,26-28,30-31,34H,8-9H2,1H3,(H,32,33)/b7-4+. The number of hydrogen-bond acceptors (Lipinski definition) is 12. The molecule has 0 radical (unpaired) electrons. The van der Waals surface area contributed by atoms with Gasteiger partial charge in [0.25, 0.3) is 0 Å². The Hall–Kier alpha value is -3.04. The van der Waals surface area contributed by atoms with Gasteiger partial charge < -0.3 is 54.7 Å². The minimum Gasteiger partial charge on any atom is -0.508 e. The van der Waals surface area contributed by atoms with Crippen LogP contribution in [0.4, 0.5) is 0 Å². The van der Waals surface area contributed by atoms with Crippen LogP contribution in [0, 0.1) is 11.8 Å². The molecule has 38 heavy (non-hydrogen) atoms. The van der Waals surface area contributed by atoms with E-state index >= 15 is 0 Å². The predicted molar refractivity (Wildman–Crippen MR) is 125 cm³/mol. The number of aliphatic hydroxyl groups is 5. The predicted octanol–water partition coefficient (Wildman–Crippen LogP) is -1.15. The lowest BCUT2D eigenvalue weighted by Crippen LogP contribution is -2.62. The number of carbonyl (C=O) groups excluding carboxylic acids is 1. The van der Waals surface area contributed by atoms with Crippen LogP contribution < -0.4 is 0 Å². The number of carbonyl (C=O) groups is 2. The Kier molecular flexibility index (Phi) is 8.09. The molecule has 2 heterocycles. The van der Waals surface area contributed by atoms with E-state index < -0.39 is 79.1 Å². The highest BCUT2D eigenvalue weighted by molar-refractivity contribution is 5.88. The van der Waals surface area contributed by atoms with E-state index in [0.29, 0.717) is 5.56 Å². The number of phenolic OH excluding ortho intramolecular Hbond substituents is 1. The molecule has 0 aromatic heterocycles. The summed E-state index contributed by atoms with van der Waals surface area (Å²) in [6.45, 7) is 0.657. The average Bonchev–Trinajstić information content (AvgIpc) is 3.11. The molecule has 13 heteroatoms. The first-order valence-electron chi connectivity index (χ1n) is 11.9. The Bertz CT molecular complexity index is 1080. The second-order valence-corrected chi connectivity index (χ2v) is 9.73. The molecule has 4 rings (SSSR count). The first-order chi connectivity index (χ1) is 17.9. The maximum absolute atomic E-state index is 12.5. The summed E-state index contributed by atoms with van der Waals surface area (Å²) in [4.78, 5) is 24.2. The molecular formula is C25H30O13. The number of phenols is 1. The van der Waals surface area contributed by atoms with Gasteiger partial charge in [-0.1, -0.05) is 12.1 Å². The Labute approximate surface area is 216 Å². The summed E-state index contributed by atoms with van der Waals surface area (Å²) in [5.74, 6) is -4.43. The minimum absolute atomic E-state index is 0.0332. The SMILES string of the molecule is CC1(O)CC(O)C2C(C(=O)O)=COC(OC3OC(CO)C(O)C(O)C3OC(=O)/C=C/c3ccc(O)cc3)C21. The third kappa shape index (κ3) is 5.54. The van der Waals surface area contributed by atoms with Crippen LogP contribution in [0.3, 0.4) is 0 Å². The summed E-state index contributed by atoms with van der Waals surface area (Å²) in [6.07, 6.45) is -7.55. The number of benzene rings is 1. The summed E-state index contributed by atoms with van der Waals surface area (Å²) < 4.78 is 22.2. The van der Waals surface area contributed by atoms with Crippen LogP contribution in [0.15, 0.2) is 42.2 Å². The van der Waals surface area contributed by atoms with Gasteiger partial charge in [-0.15, -0.1) is 0 Å². The van der Waals surface area contributed by atoms with Crippen LogP contribution in [0.5, 0.6) is 5.75 Å². The van der Waals surface area contributed by atoms with Crippen molar-refractivity contribution in [3.8, 4) is 5.75 Å². The Balaban J connectivity index is 1.57. The van der Waals surface area contributed by atoms with E-state index in [-0.39, 0.29) is 17.7 Å². The third-order valence-electron chi connectivity index (χ3n) is 7.02. The lowest BCUT2D eigenvalue weighted by atomic mass is 9.81. The van der Waals surface area contributed by atoms with Gasteiger partial charge in [0.2, 0.25) is 12.6 Å². The second-order valence-electron chi connectivity index (χ2n) is 9.73. The van der Waals surface area contributed by atoms with E-state index in [9.17, 15) is 45.3 Å². The quantitative estimate of drug-likeness (QED) is 0.161. The fourth-order valence-electron chi connectivity index (χ4n) is 5.14. The molecule has 1 aromatic carbocycles. The number of carboxylic acids is 1. The van der Waals surface area contributed by atoms with Crippen molar-refractivity contribution in [3.05, 3.63) is 47.7 Å². The number of aliphatic carboxylic acids is 1. The van der Waals surface area contributed by atoms with E-state index in [2.05, 4.69) is 0 Å². The van der Waals surface area contributed by atoms with Crippen molar-refractivity contribution in [2.45, 2.75) is 62.0 Å². The molecule has 208 valence electrons. The fourth-order valence-corrected chi connectivity index (χ4v) is 5.14. The third-order valence-corrected chi connectivity index (χ3v) is 7.02. The van der Waals surface area contributed by atoms with Crippen molar-refractivity contribution in [2.24, 2.45) is 11.8 Å². The first kappa shape index (κ1) is 28.0. The molecule has 1 saturated heterocycles. The zero-order valence-corrected chi connectivity index (χ0v) is 20.2. The Morgan fingerprint density at radius 2 is 1.82 bits per heavy atom. The van der Waals surface area contributed by atoms with Crippen molar-refractivity contribution in [2.75, 3.05) is 6.61 Å². The molecule has 1 saturated carbocycles. The minimum atomic E-state index is -1.77. The van der Waals surface area contributed by atoms with Gasteiger partial charge in [0.15, 0.2) is 6.10 Å². The van der Waals surface area contributed by atoms with E-state index in [1.807, 2.05) is 0 Å². The number of esters is 1. The highest BCUT2D eigenvalue weighted by atomic mass is 16.8. The zero-order chi connectivity index (χ0) is 27.8. The van der Waals surface area contributed by atoms with E-state index in [1.165, 1.54) is 37.3 Å². The number of fused-ring (bicyclic) bond motifs is 1. The van der Waals surface area contributed by atoms with Crippen molar-refractivity contribution >= 4 is 18.0 Å². The van der Waals surface area contributed by atoms with Crippen molar-refractivity contribution in [3.63, 3.8) is 0 Å². The molecule has 10 atom stereocenters. The average molecular weight is 539 g/mol. The van der Waals surface area contributed by atoms with Crippen LogP contribution in [0.2, 0.25) is 0 Å². The van der Waals surface area contributed by atoms with Gasteiger partial charge >= 0.3 is 11.9 Å². The van der Waals surface area contributed by atoms with Gasteiger partial charge in [-0.3, -0.25) is 0 Å². The van der Waals surface area contributed by atoms with Crippen molar-refractivity contribution < 1.29 is 64.3 Å². The number of rotatable bonds is 7. The number of aromatic hydroxyl groups is 1. The van der Waals surface area contributed by atoms with E-state index in [4.69, 9.17) is 18.9 Å². The normalized spacial score (nSPS) is 38.8. The molecule has 0 amide bonds. The Morgan fingerprint density at radius 3 is 2.45 bits per heavy atom. The number of aliphatic hydroxyl groups excluding tert-OH is 4. The zero-order valence-electron chi connectivity index (χ0n) is 20.2. The summed E-state index contributed by atoms with van der Waals surface area (Å²) in [7, 11) is 0. The topological polar surface area (TPSA) is 213 Å². The van der Waals surface area contributed by atoms with Gasteiger partial charge in [0.05, 0.1) is 36.1 Å². The maximum atomic E-state index is 12.5. The number of ether oxygens (including phenoxy) is 4. The van der Waals surface area contributed by atoms with E-state index in [0.717, 1.165) is 12.3 Å². The highest BCUT2D eigenvalue weighted by Gasteiger charge is 2.59. The van der Waals surface area contributed by atoms with Gasteiger partial charge in [0.1, 0.15) is 24.1 Å². The van der Waals surface area contributed by atoms with E-state index in [1.54, 1.807) is 0 Å². The molecule has 1 aliphatic carbocycles. The summed E-state index contributed by atoms with van der Waals surface area (Å²) in [5.41, 5.74) is -1.35. The van der Waals surface area contributed by atoms with Crippen LogP contribution in [-0.4, -0.2) is 103 Å². The number of carboxylic acid groups (broad SMARTS) is 1. The molecular weight excluding hydrogens is 508 g/mol. The molecule has 0 bridgehead atoms. The van der Waals surface area contributed by atoms with Gasteiger partial charge in [-0.2, -0.15) is 0 Å².